The van der Waals surface area contributed by atoms with Gasteiger partial charge in [0, 0.05) is 60.1 Å². The van der Waals surface area contributed by atoms with Gasteiger partial charge in [-0.3, -0.25) is 9.59 Å². The van der Waals surface area contributed by atoms with Gasteiger partial charge in [-0.1, -0.05) is 94.0 Å². The fraction of sp³-hybridized carbons (Fsp3) is 0.581. The van der Waals surface area contributed by atoms with Gasteiger partial charge in [-0.15, -0.1) is 0 Å². The Balaban J connectivity index is 0.792. The van der Waals surface area contributed by atoms with Gasteiger partial charge in [0.1, 0.15) is 5.75 Å². The number of aliphatic hydroxyl groups excluding tert-OH is 2. The number of phosphoric acid groups is 1. The Morgan fingerprint density at radius 1 is 0.962 bits per heavy atom. The second kappa shape index (κ2) is 26.5. The molecule has 10 atom stereocenters. The SMILES string of the molecule is C[C@]12C=CC(=O)C=C1CC[C@@H]1[C@@H]2[C@@H](O)C[C@@]2(C)[C@H]1C[C@H]1O[C@@H](C3CCCCC3)O[C@]12C(=O)COC(=O)/C=C/c1ccc[n+](Cc2cc(C(O)CNCCCCCCOCCCCc3ccccc3)ccc2OCOP(=O)(O)O)c1. The van der Waals surface area contributed by atoms with Gasteiger partial charge in [0.15, 0.2) is 50.0 Å². The Morgan fingerprint density at radius 3 is 2.54 bits per heavy atom. The van der Waals surface area contributed by atoms with Gasteiger partial charge in [0.25, 0.3) is 0 Å². The van der Waals surface area contributed by atoms with Crippen molar-refractivity contribution in [2.75, 3.05) is 39.7 Å². The third-order valence-electron chi connectivity index (χ3n) is 18.2. The van der Waals surface area contributed by atoms with Crippen LogP contribution in [0.1, 0.15) is 139 Å². The van der Waals surface area contributed by atoms with Gasteiger partial charge < -0.3 is 49.0 Å². The average molecular weight is 1110 g/mol. The van der Waals surface area contributed by atoms with Gasteiger partial charge in [-0.25, -0.2) is 18.5 Å². The summed E-state index contributed by atoms with van der Waals surface area (Å²) in [6.07, 6.45) is 23.9. The molecule has 428 valence electrons. The summed E-state index contributed by atoms with van der Waals surface area (Å²) in [5.74, 6) is -0.776. The number of rotatable bonds is 27. The molecule has 16 nitrogen and oxygen atoms in total. The molecule has 0 radical (unpaired) electrons. The summed E-state index contributed by atoms with van der Waals surface area (Å²) in [4.78, 5) is 59.5. The number of ketones is 2. The van der Waals surface area contributed by atoms with Gasteiger partial charge in [-0.05, 0) is 137 Å². The van der Waals surface area contributed by atoms with Crippen LogP contribution in [0.4, 0.5) is 0 Å². The van der Waals surface area contributed by atoms with E-state index in [1.54, 1.807) is 54.8 Å². The minimum Gasteiger partial charge on any atom is -0.466 e. The normalized spacial score (nSPS) is 28.9. The molecule has 6 aliphatic rings. The molecular formula is C62H82N2O14P+. The van der Waals surface area contributed by atoms with Crippen molar-refractivity contribution >= 4 is 31.4 Å². The Morgan fingerprint density at radius 2 is 1.75 bits per heavy atom. The van der Waals surface area contributed by atoms with E-state index >= 15 is 0 Å². The van der Waals surface area contributed by atoms with E-state index in [9.17, 15) is 38.9 Å². The predicted octanol–water partition coefficient (Wildman–Crippen LogP) is 8.77. The van der Waals surface area contributed by atoms with Crippen LogP contribution < -0.4 is 14.6 Å². The maximum atomic E-state index is 15.0. The lowest BCUT2D eigenvalue weighted by Crippen LogP contribution is -2.63. The molecule has 5 N–H and O–H groups in total. The number of nitrogens with one attached hydrogen (secondary N) is 1. The van der Waals surface area contributed by atoms with Gasteiger partial charge in [-0.2, -0.15) is 0 Å². The number of hydrogen-bond donors (Lipinski definition) is 5. The second-order valence-electron chi connectivity index (χ2n) is 23.3. The molecule has 1 aliphatic heterocycles. The van der Waals surface area contributed by atoms with E-state index < -0.39 is 68.2 Å². The highest BCUT2D eigenvalue weighted by Gasteiger charge is 2.76. The first-order valence-electron chi connectivity index (χ1n) is 28.9. The molecule has 0 bridgehead atoms. The van der Waals surface area contributed by atoms with Crippen molar-refractivity contribution in [2.24, 2.45) is 34.5 Å². The molecule has 5 fully saturated rings. The van der Waals surface area contributed by atoms with Crippen molar-refractivity contribution in [3.63, 3.8) is 0 Å². The summed E-state index contributed by atoms with van der Waals surface area (Å²) in [7, 11) is -4.81. The zero-order chi connectivity index (χ0) is 55.6. The van der Waals surface area contributed by atoms with Crippen molar-refractivity contribution < 1.29 is 71.7 Å². The zero-order valence-electron chi connectivity index (χ0n) is 46.0. The fourth-order valence-corrected chi connectivity index (χ4v) is 14.5. The number of phosphoric ester groups is 1. The van der Waals surface area contributed by atoms with Gasteiger partial charge in [0.2, 0.25) is 5.78 Å². The lowest BCUT2D eigenvalue weighted by atomic mass is 9.46. The van der Waals surface area contributed by atoms with Crippen molar-refractivity contribution in [3.05, 3.63) is 125 Å². The molecule has 1 saturated heterocycles. The first-order valence-corrected chi connectivity index (χ1v) is 30.4. The number of allylic oxidation sites excluding steroid dienone is 4. The first kappa shape index (κ1) is 58.9. The smallest absolute Gasteiger partial charge is 0.466 e. The van der Waals surface area contributed by atoms with Gasteiger partial charge >= 0.3 is 13.8 Å². The molecule has 1 unspecified atom stereocenters. The Kier molecular flexibility index (Phi) is 19.7. The standard InChI is InChI=1S/C62H81N2O14P/c1-60-29-28-49(65)35-48(60)24-25-50-51-36-56-62(61(51,2)37-52(66)58(50)60,78-59(77-56)45-20-9-6-10-21-45)55(68)41-74-57(69)27-22-44-19-15-31-64(39-44)40-47-34-46(23-26-54(47)75-42-76-79(70,71)72)53(67)38-63-30-12-3-4-13-32-73-33-14-11-18-43-16-7-5-8-17-43/h5,7-8,15-17,19,22-23,26-29,31,34-35,39,45,50-53,56,58-59,63,66-67H,3-4,6,9-14,18,20-21,24-25,30,32-33,36-38,40-42H2,1-2H3,(H-,70,71,72)/p+1/b27-22+/t50-,51-,52-,53?,56+,58+,59+,60-,61-,62+/m0/s1. The minimum absolute atomic E-state index is 0.0138. The largest absolute Gasteiger partial charge is 0.472 e. The molecule has 9 rings (SSSR count). The molecule has 2 heterocycles. The van der Waals surface area contributed by atoms with Crippen LogP contribution in [0, 0.1) is 34.5 Å². The van der Waals surface area contributed by atoms with E-state index in [1.165, 1.54) is 11.6 Å². The topological polar surface area (TPSA) is 220 Å². The summed E-state index contributed by atoms with van der Waals surface area (Å²) in [6.45, 7) is 5.78. The highest BCUT2D eigenvalue weighted by Crippen LogP contribution is 2.70. The van der Waals surface area contributed by atoms with Gasteiger partial charge in [0.05, 0.1) is 23.9 Å². The van der Waals surface area contributed by atoms with Crippen LogP contribution >= 0.6 is 7.82 Å². The van der Waals surface area contributed by atoms with Crippen LogP contribution in [0.5, 0.6) is 5.75 Å². The maximum Gasteiger partial charge on any atom is 0.472 e. The van der Waals surface area contributed by atoms with Crippen LogP contribution in [-0.2, 0) is 55.4 Å². The van der Waals surface area contributed by atoms with Crippen LogP contribution in [0.3, 0.4) is 0 Å². The first-order chi connectivity index (χ1) is 38.1. The van der Waals surface area contributed by atoms with E-state index in [0.29, 0.717) is 41.8 Å². The molecule has 17 heteroatoms. The second-order valence-corrected chi connectivity index (χ2v) is 24.5. The van der Waals surface area contributed by atoms with E-state index in [-0.39, 0.29) is 41.8 Å². The van der Waals surface area contributed by atoms with E-state index in [1.807, 2.05) is 22.9 Å². The van der Waals surface area contributed by atoms with Crippen LogP contribution in [0.2, 0.25) is 0 Å². The minimum atomic E-state index is -4.81. The quantitative estimate of drug-likeness (QED) is 0.0120. The monoisotopic (exact) mass is 1110 g/mol. The molecule has 79 heavy (non-hydrogen) atoms. The van der Waals surface area contributed by atoms with E-state index in [0.717, 1.165) is 115 Å². The number of benzene rings is 2. The molecule has 0 spiro atoms. The molecular weight excluding hydrogens is 1030 g/mol. The Labute approximate surface area is 465 Å². The number of carbonyl (C=O) groups is 3. The number of ether oxygens (including phenoxy) is 5. The predicted molar refractivity (Wildman–Crippen MR) is 295 cm³/mol. The number of unbranched alkanes of at least 4 members (excludes halogenated alkanes) is 4. The number of aromatic nitrogens is 1. The Bertz CT molecular complexity index is 2720. The number of hydrogen-bond acceptors (Lipinski definition) is 13. The number of aryl methyl sites for hydroxylation is 1. The lowest BCUT2D eigenvalue weighted by molar-refractivity contribution is -0.688. The number of nitrogens with zero attached hydrogens (tertiary/aromatic N) is 1. The van der Waals surface area contributed by atoms with Crippen LogP contribution in [0.25, 0.3) is 6.08 Å². The average Bonchev–Trinajstić information content (AvgIpc) is 3.17. The van der Waals surface area contributed by atoms with E-state index in [4.69, 9.17) is 23.7 Å². The fourth-order valence-electron chi connectivity index (χ4n) is 14.3. The van der Waals surface area contributed by atoms with Crippen molar-refractivity contribution in [2.45, 2.75) is 153 Å². The zero-order valence-corrected chi connectivity index (χ0v) is 46.9. The van der Waals surface area contributed by atoms with Crippen molar-refractivity contribution in [3.8, 4) is 5.75 Å². The van der Waals surface area contributed by atoms with Crippen molar-refractivity contribution in [1.29, 1.82) is 0 Å². The summed E-state index contributed by atoms with van der Waals surface area (Å²) in [5, 5.41) is 26.8. The highest BCUT2D eigenvalue weighted by atomic mass is 31.2. The lowest BCUT2D eigenvalue weighted by Gasteiger charge is -2.59. The number of carbonyl (C=O) groups excluding carboxylic acids is 3. The van der Waals surface area contributed by atoms with Crippen LogP contribution in [-0.4, -0.2) is 101 Å². The molecule has 5 aliphatic carbocycles. The molecule has 3 aromatic rings. The maximum absolute atomic E-state index is 15.0. The Hall–Kier alpha value is -4.71. The van der Waals surface area contributed by atoms with Crippen molar-refractivity contribution in [1.82, 2.24) is 5.32 Å². The summed E-state index contributed by atoms with van der Waals surface area (Å²) >= 11 is 0. The summed E-state index contributed by atoms with van der Waals surface area (Å²) in [5.41, 5.74) is 1.55. The summed E-state index contributed by atoms with van der Waals surface area (Å²) in [6, 6.07) is 19.2. The molecule has 0 amide bonds. The highest BCUT2D eigenvalue weighted by molar-refractivity contribution is 7.46. The number of fused-ring (bicyclic) bond motifs is 7. The number of aliphatic hydroxyl groups is 2. The molecule has 1 aromatic heterocycles. The van der Waals surface area contributed by atoms with Crippen LogP contribution in [0.15, 0.2) is 103 Å². The third-order valence-corrected chi connectivity index (χ3v) is 18.6. The molecule has 2 aromatic carbocycles. The number of pyridine rings is 1. The molecule has 4 saturated carbocycles. The number of esters is 1. The number of Topliss-reactive ketones (excluding diaryl/α,β-unsaturated/α-hetero) is 1. The summed E-state index contributed by atoms with van der Waals surface area (Å²) < 4.78 is 49.0. The third kappa shape index (κ3) is 14.0. The van der Waals surface area contributed by atoms with E-state index in [2.05, 4.69) is 48.0 Å².